The zero-order chi connectivity index (χ0) is 12.7. The molecule has 0 aliphatic carbocycles. The Labute approximate surface area is 102 Å². The Morgan fingerprint density at radius 1 is 1.24 bits per heavy atom. The maximum atomic E-state index is 11.7. The molecule has 0 N–H and O–H groups in total. The molecule has 0 saturated carbocycles. The van der Waals surface area contributed by atoms with Gasteiger partial charge in [0.05, 0.1) is 7.11 Å². The minimum atomic E-state index is -0.460. The number of Topliss-reactive ketones (excluding diaryl/α,β-unsaturated/α-hetero) is 1. The number of ether oxygens (including phenoxy) is 1. The Balaban J connectivity index is 2.59. The van der Waals surface area contributed by atoms with Crippen LogP contribution in [0.1, 0.15) is 37.7 Å². The van der Waals surface area contributed by atoms with Gasteiger partial charge in [-0.1, -0.05) is 37.3 Å². The number of carbonyl (C=O) groups is 2. The number of rotatable bonds is 6. The lowest BCUT2D eigenvalue weighted by atomic mass is 9.91. The van der Waals surface area contributed by atoms with E-state index in [0.29, 0.717) is 6.42 Å². The van der Waals surface area contributed by atoms with E-state index in [1.807, 2.05) is 37.3 Å². The van der Waals surface area contributed by atoms with Gasteiger partial charge in [0.25, 0.3) is 0 Å². The van der Waals surface area contributed by atoms with Crippen molar-refractivity contribution in [2.24, 2.45) is 0 Å². The summed E-state index contributed by atoms with van der Waals surface area (Å²) in [7, 11) is 1.30. The fraction of sp³-hybridized carbons (Fsp3) is 0.429. The van der Waals surface area contributed by atoms with Crippen molar-refractivity contribution in [1.29, 1.82) is 0 Å². The van der Waals surface area contributed by atoms with Crippen molar-refractivity contribution in [1.82, 2.24) is 0 Å². The second-order valence-electron chi connectivity index (χ2n) is 4.01. The summed E-state index contributed by atoms with van der Waals surface area (Å²) in [5.74, 6) is -0.334. The maximum Gasteiger partial charge on any atom is 0.313 e. The van der Waals surface area contributed by atoms with Gasteiger partial charge in [0.1, 0.15) is 12.2 Å². The second kappa shape index (κ2) is 6.84. The minimum Gasteiger partial charge on any atom is -0.469 e. The standard InChI is InChI=1S/C14H18O3/c1-3-11(12-7-5-4-6-8-12)9-13(15)10-14(16)17-2/h4-8,11H,3,9-10H2,1-2H3. The number of hydrogen-bond acceptors (Lipinski definition) is 3. The first kappa shape index (κ1) is 13.4. The molecule has 0 saturated heterocycles. The summed E-state index contributed by atoms with van der Waals surface area (Å²) in [6.45, 7) is 2.04. The van der Waals surface area contributed by atoms with Crippen molar-refractivity contribution in [2.75, 3.05) is 7.11 Å². The molecule has 1 unspecified atom stereocenters. The van der Waals surface area contributed by atoms with E-state index in [1.165, 1.54) is 7.11 Å². The lowest BCUT2D eigenvalue weighted by molar-refractivity contribution is -0.143. The predicted octanol–water partition coefficient (Wildman–Crippen LogP) is 2.70. The molecular weight excluding hydrogens is 216 g/mol. The monoisotopic (exact) mass is 234 g/mol. The molecule has 0 aliphatic rings. The Morgan fingerprint density at radius 2 is 1.88 bits per heavy atom. The molecule has 0 radical (unpaired) electrons. The van der Waals surface area contributed by atoms with E-state index in [4.69, 9.17) is 0 Å². The Kier molecular flexibility index (Phi) is 5.40. The third-order valence-electron chi connectivity index (χ3n) is 2.81. The summed E-state index contributed by atoms with van der Waals surface area (Å²) < 4.78 is 4.48. The van der Waals surface area contributed by atoms with Crippen LogP contribution in [0.5, 0.6) is 0 Å². The summed E-state index contributed by atoms with van der Waals surface area (Å²) in [4.78, 5) is 22.6. The molecule has 0 heterocycles. The van der Waals surface area contributed by atoms with Gasteiger partial charge in [-0.3, -0.25) is 9.59 Å². The molecule has 0 amide bonds. The molecule has 0 aliphatic heterocycles. The SMILES string of the molecule is CCC(CC(=O)CC(=O)OC)c1ccccc1. The zero-order valence-corrected chi connectivity index (χ0v) is 10.3. The zero-order valence-electron chi connectivity index (χ0n) is 10.3. The first-order chi connectivity index (χ1) is 8.17. The molecule has 1 atom stereocenters. The van der Waals surface area contributed by atoms with Gasteiger partial charge >= 0.3 is 5.97 Å². The van der Waals surface area contributed by atoms with E-state index >= 15 is 0 Å². The first-order valence-electron chi connectivity index (χ1n) is 5.80. The van der Waals surface area contributed by atoms with E-state index in [1.54, 1.807) is 0 Å². The molecule has 1 rings (SSSR count). The van der Waals surface area contributed by atoms with Crippen LogP contribution in [0.3, 0.4) is 0 Å². The number of esters is 1. The average molecular weight is 234 g/mol. The molecular formula is C14H18O3. The molecule has 1 aromatic rings. The number of carbonyl (C=O) groups excluding carboxylic acids is 2. The van der Waals surface area contributed by atoms with Crippen LogP contribution in [0.2, 0.25) is 0 Å². The number of hydrogen-bond donors (Lipinski definition) is 0. The van der Waals surface area contributed by atoms with Gasteiger partial charge in [-0.15, -0.1) is 0 Å². The number of ketones is 1. The van der Waals surface area contributed by atoms with Crippen LogP contribution in [0, 0.1) is 0 Å². The van der Waals surface area contributed by atoms with Crippen molar-refractivity contribution in [3.8, 4) is 0 Å². The highest BCUT2D eigenvalue weighted by Crippen LogP contribution is 2.23. The highest BCUT2D eigenvalue weighted by molar-refractivity contribution is 5.95. The number of methoxy groups -OCH3 is 1. The Morgan fingerprint density at radius 3 is 2.41 bits per heavy atom. The van der Waals surface area contributed by atoms with E-state index in [-0.39, 0.29) is 18.1 Å². The van der Waals surface area contributed by atoms with Crippen LogP contribution < -0.4 is 0 Å². The fourth-order valence-corrected chi connectivity index (χ4v) is 1.80. The van der Waals surface area contributed by atoms with Gasteiger partial charge in [-0.2, -0.15) is 0 Å². The van der Waals surface area contributed by atoms with Crippen molar-refractivity contribution in [3.63, 3.8) is 0 Å². The largest absolute Gasteiger partial charge is 0.469 e. The minimum absolute atomic E-state index is 0.0625. The molecule has 1 aromatic carbocycles. The third kappa shape index (κ3) is 4.39. The van der Waals surface area contributed by atoms with E-state index in [0.717, 1.165) is 12.0 Å². The average Bonchev–Trinajstić information content (AvgIpc) is 2.36. The summed E-state index contributed by atoms with van der Waals surface area (Å²) in [6, 6.07) is 9.90. The Bertz CT molecular complexity index is 370. The van der Waals surface area contributed by atoms with Gasteiger partial charge in [0.2, 0.25) is 0 Å². The third-order valence-corrected chi connectivity index (χ3v) is 2.81. The molecule has 3 heteroatoms. The lowest BCUT2D eigenvalue weighted by Gasteiger charge is -2.13. The highest BCUT2D eigenvalue weighted by atomic mass is 16.5. The smallest absolute Gasteiger partial charge is 0.313 e. The summed E-state index contributed by atoms with van der Waals surface area (Å²) in [6.07, 6.45) is 1.16. The molecule has 0 aromatic heterocycles. The van der Waals surface area contributed by atoms with Gasteiger partial charge in [-0.05, 0) is 17.9 Å². The molecule has 0 spiro atoms. The lowest BCUT2D eigenvalue weighted by Crippen LogP contribution is -2.12. The van der Waals surface area contributed by atoms with Gasteiger partial charge in [0, 0.05) is 6.42 Å². The van der Waals surface area contributed by atoms with Crippen LogP contribution in [0.15, 0.2) is 30.3 Å². The van der Waals surface area contributed by atoms with Gasteiger partial charge in [-0.25, -0.2) is 0 Å². The van der Waals surface area contributed by atoms with Crippen LogP contribution >= 0.6 is 0 Å². The molecule has 0 fully saturated rings. The quantitative estimate of drug-likeness (QED) is 0.561. The van der Waals surface area contributed by atoms with E-state index in [9.17, 15) is 9.59 Å². The summed E-state index contributed by atoms with van der Waals surface area (Å²) >= 11 is 0. The summed E-state index contributed by atoms with van der Waals surface area (Å²) in [5, 5.41) is 0. The molecule has 17 heavy (non-hydrogen) atoms. The topological polar surface area (TPSA) is 43.4 Å². The predicted molar refractivity (Wildman–Crippen MR) is 65.7 cm³/mol. The van der Waals surface area contributed by atoms with Crippen LogP contribution in [-0.2, 0) is 14.3 Å². The second-order valence-corrected chi connectivity index (χ2v) is 4.01. The van der Waals surface area contributed by atoms with Crippen molar-refractivity contribution >= 4 is 11.8 Å². The van der Waals surface area contributed by atoms with E-state index in [2.05, 4.69) is 4.74 Å². The van der Waals surface area contributed by atoms with Crippen molar-refractivity contribution < 1.29 is 14.3 Å². The highest BCUT2D eigenvalue weighted by Gasteiger charge is 2.16. The molecule has 0 bridgehead atoms. The number of benzene rings is 1. The first-order valence-corrected chi connectivity index (χ1v) is 5.80. The van der Waals surface area contributed by atoms with Gasteiger partial charge in [0.15, 0.2) is 0 Å². The Hall–Kier alpha value is -1.64. The van der Waals surface area contributed by atoms with Crippen molar-refractivity contribution in [3.05, 3.63) is 35.9 Å². The van der Waals surface area contributed by atoms with Gasteiger partial charge < -0.3 is 4.74 Å². The molecule has 92 valence electrons. The van der Waals surface area contributed by atoms with Crippen LogP contribution in [0.25, 0.3) is 0 Å². The summed E-state index contributed by atoms with van der Waals surface area (Å²) in [5.41, 5.74) is 1.15. The van der Waals surface area contributed by atoms with Crippen LogP contribution in [-0.4, -0.2) is 18.9 Å². The normalized spacial score (nSPS) is 11.9. The van der Waals surface area contributed by atoms with Crippen LogP contribution in [0.4, 0.5) is 0 Å². The maximum absolute atomic E-state index is 11.7. The van der Waals surface area contributed by atoms with Crippen molar-refractivity contribution in [2.45, 2.75) is 32.1 Å². The molecule has 3 nitrogen and oxygen atoms in total. The van der Waals surface area contributed by atoms with E-state index < -0.39 is 5.97 Å². The fourth-order valence-electron chi connectivity index (χ4n) is 1.80.